The average molecular weight is 484 g/mol. The summed E-state index contributed by atoms with van der Waals surface area (Å²) >= 11 is 7.61. The van der Waals surface area contributed by atoms with Crippen molar-refractivity contribution in [1.82, 2.24) is 14.5 Å². The number of hydrogen-bond donors (Lipinski definition) is 1. The summed E-state index contributed by atoms with van der Waals surface area (Å²) in [6.45, 7) is 4.05. The summed E-state index contributed by atoms with van der Waals surface area (Å²) in [5, 5.41) is 5.26. The second kappa shape index (κ2) is 9.97. The van der Waals surface area contributed by atoms with Gasteiger partial charge in [-0.1, -0.05) is 29.8 Å². The predicted octanol–water partition coefficient (Wildman–Crippen LogP) is 2.99. The number of carbonyl (C=O) groups is 1. The Balaban J connectivity index is 1.53. The molecule has 2 saturated heterocycles. The minimum atomic E-state index is -3.65. The second-order valence-corrected chi connectivity index (χ2v) is 10.9. The lowest BCUT2D eigenvalue weighted by Crippen LogP contribution is -2.44. The van der Waals surface area contributed by atoms with Crippen molar-refractivity contribution in [2.24, 2.45) is 0 Å². The van der Waals surface area contributed by atoms with Gasteiger partial charge in [0.1, 0.15) is 9.77 Å². The molecule has 0 radical (unpaired) electrons. The molecule has 1 amide bonds. The highest BCUT2D eigenvalue weighted by molar-refractivity contribution is 7.89. The summed E-state index contributed by atoms with van der Waals surface area (Å²) in [6, 6.07) is 9.01. The molecule has 2 aliphatic rings. The van der Waals surface area contributed by atoms with Crippen LogP contribution in [0.3, 0.4) is 0 Å². The third-order valence-electron chi connectivity index (χ3n) is 5.72. The highest BCUT2D eigenvalue weighted by atomic mass is 35.5. The molecule has 4 rings (SSSR count). The molecule has 2 aromatic rings. The Kier molecular flexibility index (Phi) is 7.30. The van der Waals surface area contributed by atoms with Gasteiger partial charge in [-0.05, 0) is 35.9 Å². The van der Waals surface area contributed by atoms with E-state index in [0.717, 1.165) is 42.8 Å². The number of nitrogens with zero attached hydrogens (tertiary/aromatic N) is 2. The van der Waals surface area contributed by atoms with Crippen LogP contribution < -0.4 is 5.32 Å². The summed E-state index contributed by atoms with van der Waals surface area (Å²) in [6.07, 6.45) is 1.70. The summed E-state index contributed by atoms with van der Waals surface area (Å²) in [5.41, 5.74) is 0.933. The van der Waals surface area contributed by atoms with Crippen molar-refractivity contribution in [3.8, 4) is 0 Å². The molecular formula is C21H26ClN3O4S2. The lowest BCUT2D eigenvalue weighted by Gasteiger charge is -2.35. The Morgan fingerprint density at radius 1 is 1.13 bits per heavy atom. The molecule has 2 aliphatic heterocycles. The molecule has 1 aromatic carbocycles. The van der Waals surface area contributed by atoms with Gasteiger partial charge in [0.2, 0.25) is 10.0 Å². The van der Waals surface area contributed by atoms with Crippen LogP contribution in [-0.2, 0) is 14.8 Å². The zero-order valence-corrected chi connectivity index (χ0v) is 19.5. The van der Waals surface area contributed by atoms with Crippen LogP contribution in [0.1, 0.15) is 34.1 Å². The Labute approximate surface area is 192 Å². The molecule has 2 fully saturated rings. The molecule has 0 aliphatic carbocycles. The third-order valence-corrected chi connectivity index (χ3v) is 9.05. The minimum Gasteiger partial charge on any atom is -0.379 e. The Morgan fingerprint density at radius 2 is 1.84 bits per heavy atom. The smallest absolute Gasteiger partial charge is 0.262 e. The van der Waals surface area contributed by atoms with E-state index in [-0.39, 0.29) is 21.7 Å². The zero-order chi connectivity index (χ0) is 21.8. The summed E-state index contributed by atoms with van der Waals surface area (Å²) < 4.78 is 32.9. The van der Waals surface area contributed by atoms with E-state index < -0.39 is 10.0 Å². The molecule has 0 saturated carbocycles. The van der Waals surface area contributed by atoms with Crippen LogP contribution in [0.4, 0.5) is 0 Å². The number of halogens is 1. The van der Waals surface area contributed by atoms with Crippen molar-refractivity contribution in [2.75, 3.05) is 45.9 Å². The van der Waals surface area contributed by atoms with Crippen LogP contribution in [0, 0.1) is 0 Å². The van der Waals surface area contributed by atoms with E-state index in [9.17, 15) is 13.2 Å². The van der Waals surface area contributed by atoms with Crippen LogP contribution in [0.2, 0.25) is 5.02 Å². The first kappa shape index (κ1) is 22.7. The van der Waals surface area contributed by atoms with E-state index in [1.165, 1.54) is 10.4 Å². The number of carbonyl (C=O) groups excluding carboxylic acids is 1. The first-order valence-corrected chi connectivity index (χ1v) is 13.1. The number of benzene rings is 1. The van der Waals surface area contributed by atoms with Crippen LogP contribution in [0.25, 0.3) is 0 Å². The summed E-state index contributed by atoms with van der Waals surface area (Å²) in [4.78, 5) is 15.6. The van der Waals surface area contributed by atoms with Gasteiger partial charge in [-0.15, -0.1) is 11.3 Å². The van der Waals surface area contributed by atoms with Gasteiger partial charge in [0.25, 0.3) is 5.91 Å². The van der Waals surface area contributed by atoms with Crippen LogP contribution >= 0.6 is 22.9 Å². The Bertz CT molecular complexity index is 1020. The molecule has 1 unspecified atom stereocenters. The van der Waals surface area contributed by atoms with Crippen molar-refractivity contribution in [2.45, 2.75) is 23.8 Å². The maximum Gasteiger partial charge on any atom is 0.262 e. The number of ether oxygens (including phenoxy) is 1. The van der Waals surface area contributed by atoms with E-state index in [4.69, 9.17) is 16.3 Å². The van der Waals surface area contributed by atoms with Crippen LogP contribution in [0.5, 0.6) is 0 Å². The molecule has 1 atom stereocenters. The predicted molar refractivity (Wildman–Crippen MR) is 121 cm³/mol. The van der Waals surface area contributed by atoms with Gasteiger partial charge < -0.3 is 10.1 Å². The lowest BCUT2D eigenvalue weighted by atomic mass is 10.0. The maximum absolute atomic E-state index is 13.0. The monoisotopic (exact) mass is 483 g/mol. The van der Waals surface area contributed by atoms with E-state index in [2.05, 4.69) is 10.2 Å². The lowest BCUT2D eigenvalue weighted by molar-refractivity contribution is 0.0162. The van der Waals surface area contributed by atoms with Gasteiger partial charge in [-0.25, -0.2) is 8.42 Å². The fourth-order valence-electron chi connectivity index (χ4n) is 4.07. The molecular weight excluding hydrogens is 458 g/mol. The fourth-order valence-corrected chi connectivity index (χ4v) is 7.17. The highest BCUT2D eigenvalue weighted by Crippen LogP contribution is 2.30. The van der Waals surface area contributed by atoms with Crippen LogP contribution in [0.15, 0.2) is 40.6 Å². The number of amides is 1. The average Bonchev–Trinajstić information content (AvgIpc) is 3.49. The normalized spacial score (nSPS) is 19.4. The van der Waals surface area contributed by atoms with Crippen molar-refractivity contribution in [3.05, 3.63) is 51.2 Å². The number of rotatable bonds is 7. The van der Waals surface area contributed by atoms with Gasteiger partial charge in [-0.2, -0.15) is 4.31 Å². The quantitative estimate of drug-likeness (QED) is 0.655. The minimum absolute atomic E-state index is 0.0950. The Hall–Kier alpha value is -1.49. The fraction of sp³-hybridized carbons (Fsp3) is 0.476. The van der Waals surface area contributed by atoms with Crippen molar-refractivity contribution in [3.63, 3.8) is 0 Å². The van der Waals surface area contributed by atoms with E-state index >= 15 is 0 Å². The van der Waals surface area contributed by atoms with Crippen LogP contribution in [-0.4, -0.2) is 69.5 Å². The summed E-state index contributed by atoms with van der Waals surface area (Å²) in [5.74, 6) is -0.377. The van der Waals surface area contributed by atoms with E-state index in [1.54, 1.807) is 5.38 Å². The second-order valence-electron chi connectivity index (χ2n) is 7.62. The Morgan fingerprint density at radius 3 is 2.55 bits per heavy atom. The van der Waals surface area contributed by atoms with Gasteiger partial charge in [0.15, 0.2) is 0 Å². The van der Waals surface area contributed by atoms with Gasteiger partial charge in [0, 0.05) is 37.7 Å². The number of morpholine rings is 1. The van der Waals surface area contributed by atoms with Crippen molar-refractivity contribution < 1.29 is 17.9 Å². The molecule has 31 heavy (non-hydrogen) atoms. The molecule has 3 heterocycles. The van der Waals surface area contributed by atoms with E-state index in [1.807, 2.05) is 24.3 Å². The third kappa shape index (κ3) is 4.97. The first-order valence-electron chi connectivity index (χ1n) is 10.4. The van der Waals surface area contributed by atoms with Gasteiger partial charge >= 0.3 is 0 Å². The molecule has 1 N–H and O–H groups in total. The SMILES string of the molecule is O=C(NCC(c1ccccc1Cl)N1CCOCC1)c1sccc1S(=O)(=O)N1CCCC1. The number of thiophene rings is 1. The molecule has 168 valence electrons. The molecule has 1 aromatic heterocycles. The zero-order valence-electron chi connectivity index (χ0n) is 17.1. The largest absolute Gasteiger partial charge is 0.379 e. The maximum atomic E-state index is 13.0. The highest BCUT2D eigenvalue weighted by Gasteiger charge is 2.32. The van der Waals surface area contributed by atoms with Gasteiger partial charge in [-0.3, -0.25) is 9.69 Å². The first-order chi connectivity index (χ1) is 15.0. The number of sulfonamides is 1. The topological polar surface area (TPSA) is 79.0 Å². The number of hydrogen-bond acceptors (Lipinski definition) is 6. The number of nitrogens with one attached hydrogen (secondary N) is 1. The van der Waals surface area contributed by atoms with Crippen molar-refractivity contribution in [1.29, 1.82) is 0 Å². The summed E-state index contributed by atoms with van der Waals surface area (Å²) in [7, 11) is -3.65. The molecule has 7 nitrogen and oxygen atoms in total. The van der Waals surface area contributed by atoms with Crippen molar-refractivity contribution >= 4 is 38.9 Å². The standard InChI is InChI=1S/C21H26ClN3O4S2/c22-17-6-2-1-5-16(17)18(24-10-12-29-13-11-24)15-23-21(26)20-19(7-14-30-20)31(27,28)25-8-3-4-9-25/h1-2,5-7,14,18H,3-4,8-13,15H2,(H,23,26). The molecule has 0 spiro atoms. The molecule has 0 bridgehead atoms. The van der Waals surface area contributed by atoms with Gasteiger partial charge in [0.05, 0.1) is 19.3 Å². The molecule has 10 heteroatoms. The van der Waals surface area contributed by atoms with E-state index in [0.29, 0.717) is 37.9 Å².